The molecule has 4 nitrogen and oxygen atoms in total. The molecule has 0 saturated carbocycles. The third-order valence-corrected chi connectivity index (χ3v) is 6.15. The van der Waals surface area contributed by atoms with E-state index in [1.807, 2.05) is 28.5 Å². The third-order valence-electron chi connectivity index (χ3n) is 3.14. The van der Waals surface area contributed by atoms with Crippen LogP contribution in [0, 0.1) is 0 Å². The standard InChI is InChI=1S/C13H24N2O2S2/c1-10(6-7-12(14)16)15-13(17)5-3-2-4-11-8-9-18-19-11/h10-11H,2-9H2,1H3,(H2,14,16)(H,15,17). The normalized spacial score (nSPS) is 20.2. The highest BCUT2D eigenvalue weighted by atomic mass is 33.1. The first-order chi connectivity index (χ1) is 9.08. The first-order valence-corrected chi connectivity index (χ1v) is 9.32. The smallest absolute Gasteiger partial charge is 0.220 e. The summed E-state index contributed by atoms with van der Waals surface area (Å²) >= 11 is 0. The van der Waals surface area contributed by atoms with Crippen LogP contribution in [0.5, 0.6) is 0 Å². The van der Waals surface area contributed by atoms with Crippen molar-refractivity contribution in [3.63, 3.8) is 0 Å². The summed E-state index contributed by atoms with van der Waals surface area (Å²) in [6, 6.07) is 0.0294. The Bertz CT molecular complexity index is 294. The van der Waals surface area contributed by atoms with E-state index in [9.17, 15) is 9.59 Å². The van der Waals surface area contributed by atoms with E-state index < -0.39 is 0 Å². The highest BCUT2D eigenvalue weighted by Crippen LogP contribution is 2.39. The number of amides is 2. The summed E-state index contributed by atoms with van der Waals surface area (Å²) in [6.07, 6.45) is 6.16. The zero-order valence-corrected chi connectivity index (χ0v) is 13.2. The lowest BCUT2D eigenvalue weighted by Gasteiger charge is -2.13. The SMILES string of the molecule is CC(CCC(N)=O)NC(=O)CCCCC1CCSS1. The topological polar surface area (TPSA) is 72.2 Å². The molecule has 19 heavy (non-hydrogen) atoms. The Hall–Kier alpha value is -0.360. The molecule has 3 N–H and O–H groups in total. The molecule has 1 aliphatic rings. The van der Waals surface area contributed by atoms with Gasteiger partial charge in [-0.3, -0.25) is 9.59 Å². The fraction of sp³-hybridized carbons (Fsp3) is 0.846. The van der Waals surface area contributed by atoms with E-state index in [1.165, 1.54) is 18.6 Å². The molecular weight excluding hydrogens is 280 g/mol. The molecule has 0 aliphatic carbocycles. The Morgan fingerprint density at radius 1 is 1.37 bits per heavy atom. The molecule has 1 saturated heterocycles. The van der Waals surface area contributed by atoms with Crippen LogP contribution in [0.3, 0.4) is 0 Å². The third kappa shape index (κ3) is 8.42. The molecular formula is C13H24N2O2S2. The Labute approximate surface area is 123 Å². The van der Waals surface area contributed by atoms with Gasteiger partial charge in [0.1, 0.15) is 0 Å². The second-order valence-electron chi connectivity index (χ2n) is 5.05. The summed E-state index contributed by atoms with van der Waals surface area (Å²) in [5.41, 5.74) is 5.07. The quantitative estimate of drug-likeness (QED) is 0.507. The van der Waals surface area contributed by atoms with Gasteiger partial charge >= 0.3 is 0 Å². The Morgan fingerprint density at radius 3 is 2.79 bits per heavy atom. The summed E-state index contributed by atoms with van der Waals surface area (Å²) in [4.78, 5) is 22.3. The lowest BCUT2D eigenvalue weighted by Crippen LogP contribution is -2.33. The van der Waals surface area contributed by atoms with Crippen molar-refractivity contribution in [2.45, 2.75) is 63.2 Å². The predicted octanol–water partition coefficient (Wildman–Crippen LogP) is 2.47. The van der Waals surface area contributed by atoms with Crippen LogP contribution >= 0.6 is 21.6 Å². The minimum absolute atomic E-state index is 0.0294. The number of hydrogen-bond donors (Lipinski definition) is 2. The van der Waals surface area contributed by atoms with Crippen LogP contribution in [0.25, 0.3) is 0 Å². The molecule has 0 spiro atoms. The zero-order valence-electron chi connectivity index (χ0n) is 11.5. The van der Waals surface area contributed by atoms with Crippen molar-refractivity contribution >= 4 is 33.4 Å². The molecule has 2 atom stereocenters. The molecule has 0 aromatic heterocycles. The van der Waals surface area contributed by atoms with Gasteiger partial charge in [-0.2, -0.15) is 0 Å². The average molecular weight is 304 g/mol. The van der Waals surface area contributed by atoms with Gasteiger partial charge in [-0.15, -0.1) is 0 Å². The largest absolute Gasteiger partial charge is 0.370 e. The van der Waals surface area contributed by atoms with E-state index in [0.717, 1.165) is 18.1 Å². The first kappa shape index (κ1) is 16.7. The Morgan fingerprint density at radius 2 is 2.16 bits per heavy atom. The van der Waals surface area contributed by atoms with Gasteiger partial charge in [0.05, 0.1) is 0 Å². The second kappa shape index (κ2) is 9.53. The molecule has 1 heterocycles. The molecule has 1 rings (SSSR count). The molecule has 2 unspecified atom stereocenters. The van der Waals surface area contributed by atoms with Crippen LogP contribution < -0.4 is 11.1 Å². The van der Waals surface area contributed by atoms with E-state index in [2.05, 4.69) is 5.32 Å². The number of unbranched alkanes of at least 4 members (excludes halogenated alkanes) is 1. The van der Waals surface area contributed by atoms with Crippen molar-refractivity contribution in [3.05, 3.63) is 0 Å². The van der Waals surface area contributed by atoms with Crippen LogP contribution in [0.1, 0.15) is 51.9 Å². The summed E-state index contributed by atoms with van der Waals surface area (Å²) in [5, 5.41) is 3.70. The number of nitrogens with one attached hydrogen (secondary N) is 1. The van der Waals surface area contributed by atoms with Crippen molar-refractivity contribution in [1.82, 2.24) is 5.32 Å². The highest BCUT2D eigenvalue weighted by Gasteiger charge is 2.16. The average Bonchev–Trinajstić information content (AvgIpc) is 2.85. The lowest BCUT2D eigenvalue weighted by atomic mass is 10.1. The van der Waals surface area contributed by atoms with Gasteiger partial charge in [0.2, 0.25) is 11.8 Å². The maximum absolute atomic E-state index is 11.7. The summed E-state index contributed by atoms with van der Waals surface area (Å²) in [7, 11) is 3.96. The molecule has 1 fully saturated rings. The number of carbonyl (C=O) groups excluding carboxylic acids is 2. The van der Waals surface area contributed by atoms with Gasteiger partial charge in [0.25, 0.3) is 0 Å². The van der Waals surface area contributed by atoms with Gasteiger partial charge in [-0.1, -0.05) is 28.0 Å². The second-order valence-corrected chi connectivity index (χ2v) is 7.84. The minimum Gasteiger partial charge on any atom is -0.370 e. The number of carbonyl (C=O) groups is 2. The van der Waals surface area contributed by atoms with E-state index in [1.54, 1.807) is 0 Å². The molecule has 0 radical (unpaired) electrons. The van der Waals surface area contributed by atoms with Gasteiger partial charge < -0.3 is 11.1 Å². The molecule has 0 aromatic rings. The maximum atomic E-state index is 11.7. The number of hydrogen-bond acceptors (Lipinski definition) is 4. The van der Waals surface area contributed by atoms with Crippen LogP contribution in [0.15, 0.2) is 0 Å². The van der Waals surface area contributed by atoms with Crippen LogP contribution in [-0.2, 0) is 9.59 Å². The lowest BCUT2D eigenvalue weighted by molar-refractivity contribution is -0.122. The fourth-order valence-corrected chi connectivity index (χ4v) is 5.03. The molecule has 110 valence electrons. The van der Waals surface area contributed by atoms with Gasteiger partial charge in [0.15, 0.2) is 0 Å². The summed E-state index contributed by atoms with van der Waals surface area (Å²) in [6.45, 7) is 1.91. The minimum atomic E-state index is -0.312. The maximum Gasteiger partial charge on any atom is 0.220 e. The number of nitrogens with two attached hydrogens (primary N) is 1. The predicted molar refractivity (Wildman–Crippen MR) is 83.0 cm³/mol. The Kier molecular flexibility index (Phi) is 8.37. The van der Waals surface area contributed by atoms with Crippen molar-refractivity contribution in [3.8, 4) is 0 Å². The highest BCUT2D eigenvalue weighted by molar-refractivity contribution is 8.77. The molecule has 2 amide bonds. The Balaban J connectivity index is 1.98. The summed E-state index contributed by atoms with van der Waals surface area (Å²) in [5.74, 6) is 1.05. The first-order valence-electron chi connectivity index (χ1n) is 6.94. The molecule has 1 aliphatic heterocycles. The van der Waals surface area contributed by atoms with Crippen molar-refractivity contribution in [2.24, 2.45) is 5.73 Å². The summed E-state index contributed by atoms with van der Waals surface area (Å²) < 4.78 is 0. The van der Waals surface area contributed by atoms with Crippen LogP contribution in [0.2, 0.25) is 0 Å². The number of primary amides is 1. The molecule has 6 heteroatoms. The van der Waals surface area contributed by atoms with Gasteiger partial charge in [-0.05, 0) is 32.6 Å². The zero-order chi connectivity index (χ0) is 14.1. The molecule has 0 bridgehead atoms. The van der Waals surface area contributed by atoms with E-state index >= 15 is 0 Å². The van der Waals surface area contributed by atoms with E-state index in [4.69, 9.17) is 5.73 Å². The van der Waals surface area contributed by atoms with Gasteiger partial charge in [0, 0.05) is 29.9 Å². The van der Waals surface area contributed by atoms with Crippen molar-refractivity contribution in [2.75, 3.05) is 5.75 Å². The number of rotatable bonds is 9. The van der Waals surface area contributed by atoms with Crippen LogP contribution in [0.4, 0.5) is 0 Å². The van der Waals surface area contributed by atoms with Crippen molar-refractivity contribution < 1.29 is 9.59 Å². The van der Waals surface area contributed by atoms with E-state index in [0.29, 0.717) is 19.3 Å². The van der Waals surface area contributed by atoms with Gasteiger partial charge in [-0.25, -0.2) is 0 Å². The van der Waals surface area contributed by atoms with Crippen molar-refractivity contribution in [1.29, 1.82) is 0 Å². The molecule has 0 aromatic carbocycles. The van der Waals surface area contributed by atoms with Crippen LogP contribution in [-0.4, -0.2) is 28.9 Å². The van der Waals surface area contributed by atoms with E-state index in [-0.39, 0.29) is 17.9 Å². The monoisotopic (exact) mass is 304 g/mol. The fourth-order valence-electron chi connectivity index (χ4n) is 2.00.